The third-order valence-electron chi connectivity index (χ3n) is 3.18. The van der Waals surface area contributed by atoms with E-state index in [4.69, 9.17) is 23.2 Å². The summed E-state index contributed by atoms with van der Waals surface area (Å²) in [6.07, 6.45) is 1.05. The summed E-state index contributed by atoms with van der Waals surface area (Å²) in [6.45, 7) is 5.06. The van der Waals surface area contributed by atoms with E-state index in [9.17, 15) is 4.39 Å². The van der Waals surface area contributed by atoms with Gasteiger partial charge in [-0.3, -0.25) is 0 Å². The first-order valence-corrected chi connectivity index (χ1v) is 6.88. The molecular formula is C13H15Cl2FN2. The second kappa shape index (κ2) is 5.45. The number of benzene rings is 1. The molecule has 1 aromatic carbocycles. The van der Waals surface area contributed by atoms with Crippen LogP contribution in [0, 0.1) is 11.7 Å². The lowest BCUT2D eigenvalue weighted by molar-refractivity contribution is 0.468. The quantitative estimate of drug-likeness (QED) is 0.751. The summed E-state index contributed by atoms with van der Waals surface area (Å²) in [4.78, 5) is 4.40. The van der Waals surface area contributed by atoms with Crippen molar-refractivity contribution in [1.29, 1.82) is 0 Å². The number of imidazole rings is 1. The zero-order valence-corrected chi connectivity index (χ0v) is 11.9. The molecule has 0 N–H and O–H groups in total. The highest BCUT2D eigenvalue weighted by molar-refractivity contribution is 6.31. The second-order valence-electron chi connectivity index (χ2n) is 4.54. The van der Waals surface area contributed by atoms with Gasteiger partial charge in [-0.15, -0.1) is 11.6 Å². The molecule has 0 aliphatic carbocycles. The van der Waals surface area contributed by atoms with Gasteiger partial charge >= 0.3 is 0 Å². The molecule has 0 aliphatic heterocycles. The van der Waals surface area contributed by atoms with Gasteiger partial charge in [-0.25, -0.2) is 9.37 Å². The molecule has 2 nitrogen and oxygen atoms in total. The van der Waals surface area contributed by atoms with Gasteiger partial charge in [-0.1, -0.05) is 31.9 Å². The van der Waals surface area contributed by atoms with Crippen molar-refractivity contribution in [2.45, 2.75) is 32.7 Å². The van der Waals surface area contributed by atoms with Crippen LogP contribution in [0.4, 0.5) is 4.39 Å². The number of alkyl halides is 1. The molecule has 1 aromatic heterocycles. The smallest absolute Gasteiger partial charge is 0.144 e. The van der Waals surface area contributed by atoms with Gasteiger partial charge in [0.15, 0.2) is 0 Å². The van der Waals surface area contributed by atoms with Crippen molar-refractivity contribution in [3.63, 3.8) is 0 Å². The molecule has 1 atom stereocenters. The van der Waals surface area contributed by atoms with Crippen molar-refractivity contribution in [1.82, 2.24) is 9.55 Å². The van der Waals surface area contributed by atoms with E-state index in [1.807, 2.05) is 4.57 Å². The Kier molecular flexibility index (Phi) is 4.13. The molecule has 2 rings (SSSR count). The van der Waals surface area contributed by atoms with Gasteiger partial charge < -0.3 is 4.57 Å². The average molecular weight is 289 g/mol. The number of hydrogen-bond donors (Lipinski definition) is 0. The van der Waals surface area contributed by atoms with Crippen molar-refractivity contribution < 1.29 is 4.39 Å². The Hall–Kier alpha value is -0.800. The number of fused-ring (bicyclic) bond motifs is 1. The maximum absolute atomic E-state index is 13.6. The Balaban J connectivity index is 2.57. The first kappa shape index (κ1) is 13.6. The van der Waals surface area contributed by atoms with Crippen LogP contribution in [0.15, 0.2) is 12.1 Å². The summed E-state index contributed by atoms with van der Waals surface area (Å²) in [5, 5.41) is 0.0943. The van der Waals surface area contributed by atoms with E-state index < -0.39 is 5.82 Å². The van der Waals surface area contributed by atoms with E-state index in [1.165, 1.54) is 6.07 Å². The number of hydrogen-bond acceptors (Lipinski definition) is 1. The molecule has 0 aliphatic rings. The predicted octanol–water partition coefficient (Wildman–Crippen LogP) is 4.61. The topological polar surface area (TPSA) is 17.8 Å². The highest BCUT2D eigenvalue weighted by Crippen LogP contribution is 2.25. The zero-order valence-electron chi connectivity index (χ0n) is 10.4. The fraction of sp³-hybridized carbons (Fsp3) is 0.462. The highest BCUT2D eigenvalue weighted by atomic mass is 35.5. The Labute approximate surface area is 116 Å². The van der Waals surface area contributed by atoms with Gasteiger partial charge in [-0.2, -0.15) is 0 Å². The molecule has 0 radical (unpaired) electrons. The zero-order chi connectivity index (χ0) is 13.3. The lowest BCUT2D eigenvalue weighted by Crippen LogP contribution is -2.09. The van der Waals surface area contributed by atoms with Crippen LogP contribution >= 0.6 is 23.2 Å². The summed E-state index contributed by atoms with van der Waals surface area (Å²) < 4.78 is 15.5. The molecule has 18 heavy (non-hydrogen) atoms. The molecule has 0 saturated carbocycles. The van der Waals surface area contributed by atoms with Crippen molar-refractivity contribution in [3.8, 4) is 0 Å². The molecule has 0 amide bonds. The Bertz CT molecular complexity index is 566. The molecule has 98 valence electrons. The van der Waals surface area contributed by atoms with E-state index >= 15 is 0 Å². The molecule has 0 spiro atoms. The summed E-state index contributed by atoms with van der Waals surface area (Å²) >= 11 is 11.7. The summed E-state index contributed by atoms with van der Waals surface area (Å²) in [5.41, 5.74) is 1.45. The maximum Gasteiger partial charge on any atom is 0.144 e. The minimum Gasteiger partial charge on any atom is -0.327 e. The van der Waals surface area contributed by atoms with Crippen LogP contribution in [0.5, 0.6) is 0 Å². The first-order valence-electron chi connectivity index (χ1n) is 5.97. The van der Waals surface area contributed by atoms with Gasteiger partial charge in [0.05, 0.1) is 21.9 Å². The maximum atomic E-state index is 13.6. The van der Waals surface area contributed by atoms with Gasteiger partial charge in [0, 0.05) is 12.6 Å². The molecule has 5 heteroatoms. The van der Waals surface area contributed by atoms with Gasteiger partial charge in [0.25, 0.3) is 0 Å². The third-order valence-corrected chi connectivity index (χ3v) is 3.71. The van der Waals surface area contributed by atoms with E-state index in [0.29, 0.717) is 17.3 Å². The standard InChI is InChI=1S/C13H15Cl2FN2/c1-3-8(2)7-18-12-5-10(16)9(15)4-11(12)17-13(18)6-14/h4-5,8H,3,6-7H2,1-2H3. The summed E-state index contributed by atoms with van der Waals surface area (Å²) in [5.74, 6) is 1.14. The lowest BCUT2D eigenvalue weighted by atomic mass is 10.1. The first-order chi connectivity index (χ1) is 8.56. The van der Waals surface area contributed by atoms with E-state index in [0.717, 1.165) is 24.3 Å². The van der Waals surface area contributed by atoms with Crippen LogP contribution in [0.25, 0.3) is 11.0 Å². The Morgan fingerprint density at radius 3 is 2.78 bits per heavy atom. The summed E-state index contributed by atoms with van der Waals surface area (Å²) in [7, 11) is 0. The SMILES string of the molecule is CCC(C)Cn1c(CCl)nc2cc(Cl)c(F)cc21. The average Bonchev–Trinajstić information content (AvgIpc) is 2.67. The van der Waals surface area contributed by atoms with Crippen molar-refractivity contribution in [2.24, 2.45) is 5.92 Å². The van der Waals surface area contributed by atoms with Crippen LogP contribution < -0.4 is 0 Å². The molecule has 1 unspecified atom stereocenters. The van der Waals surface area contributed by atoms with Gasteiger partial charge in [0.2, 0.25) is 0 Å². The molecular weight excluding hydrogens is 274 g/mol. The van der Waals surface area contributed by atoms with Crippen LogP contribution in [0.1, 0.15) is 26.1 Å². The number of rotatable bonds is 4. The molecule has 0 bridgehead atoms. The predicted molar refractivity (Wildman–Crippen MR) is 73.7 cm³/mol. The number of aromatic nitrogens is 2. The number of nitrogens with zero attached hydrogens (tertiary/aromatic N) is 2. The van der Waals surface area contributed by atoms with E-state index in [1.54, 1.807) is 6.07 Å². The normalized spacial score (nSPS) is 13.2. The van der Waals surface area contributed by atoms with Crippen molar-refractivity contribution >= 4 is 34.2 Å². The van der Waals surface area contributed by atoms with Gasteiger partial charge in [-0.05, 0) is 12.0 Å². The largest absolute Gasteiger partial charge is 0.327 e. The van der Waals surface area contributed by atoms with Crippen molar-refractivity contribution in [2.75, 3.05) is 0 Å². The highest BCUT2D eigenvalue weighted by Gasteiger charge is 2.14. The lowest BCUT2D eigenvalue weighted by Gasteiger charge is -2.12. The Morgan fingerprint density at radius 1 is 1.44 bits per heavy atom. The second-order valence-corrected chi connectivity index (χ2v) is 5.22. The van der Waals surface area contributed by atoms with Crippen LogP contribution in [0.2, 0.25) is 5.02 Å². The van der Waals surface area contributed by atoms with E-state index in [-0.39, 0.29) is 5.02 Å². The van der Waals surface area contributed by atoms with Crippen LogP contribution in [0.3, 0.4) is 0 Å². The van der Waals surface area contributed by atoms with E-state index in [2.05, 4.69) is 18.8 Å². The monoisotopic (exact) mass is 288 g/mol. The minimum atomic E-state index is -0.421. The third kappa shape index (κ3) is 2.47. The molecule has 0 fully saturated rings. The molecule has 0 saturated heterocycles. The van der Waals surface area contributed by atoms with Crippen molar-refractivity contribution in [3.05, 3.63) is 28.8 Å². The fourth-order valence-corrected chi connectivity index (χ4v) is 2.28. The molecule has 2 aromatic rings. The Morgan fingerprint density at radius 2 is 2.17 bits per heavy atom. The number of halogens is 3. The van der Waals surface area contributed by atoms with Gasteiger partial charge in [0.1, 0.15) is 11.6 Å². The summed E-state index contributed by atoms with van der Waals surface area (Å²) in [6, 6.07) is 2.98. The molecule has 1 heterocycles. The van der Waals surface area contributed by atoms with Crippen LogP contribution in [-0.4, -0.2) is 9.55 Å². The minimum absolute atomic E-state index is 0.0943. The fourth-order valence-electron chi connectivity index (χ4n) is 1.92. The van der Waals surface area contributed by atoms with Crippen LogP contribution in [-0.2, 0) is 12.4 Å².